The van der Waals surface area contributed by atoms with Gasteiger partial charge in [-0.25, -0.2) is 12.8 Å². The number of β-amino-alcohol motifs (C(OH)–C–C–N with tert-alkyl or cyclic N) is 1. The van der Waals surface area contributed by atoms with Crippen molar-refractivity contribution < 1.29 is 17.9 Å². The molecule has 1 N–H and O–H groups in total. The van der Waals surface area contributed by atoms with Crippen LogP contribution in [-0.4, -0.2) is 36.5 Å². The molecule has 1 aromatic rings. The number of aliphatic hydroxyl groups is 1. The van der Waals surface area contributed by atoms with Crippen LogP contribution in [0.2, 0.25) is 5.02 Å². The fraction of sp³-hybridized carbons (Fsp3) is 0.500. The van der Waals surface area contributed by atoms with Crippen LogP contribution in [0, 0.1) is 11.7 Å². The summed E-state index contributed by atoms with van der Waals surface area (Å²) in [7, 11) is -3.75. The molecule has 7 heteroatoms. The first-order chi connectivity index (χ1) is 8.83. The summed E-state index contributed by atoms with van der Waals surface area (Å²) in [5.74, 6) is -0.371. The molecule has 1 heterocycles. The monoisotopic (exact) mass is 305 g/mol. The van der Waals surface area contributed by atoms with Gasteiger partial charge in [0.15, 0.2) is 0 Å². The van der Waals surface area contributed by atoms with Crippen molar-refractivity contribution in [1.29, 1.82) is 0 Å². The fourth-order valence-corrected chi connectivity index (χ4v) is 4.51. The molecule has 0 atom stereocenters. The van der Waals surface area contributed by atoms with E-state index in [0.717, 1.165) is 31.0 Å². The van der Waals surface area contributed by atoms with Gasteiger partial charge < -0.3 is 5.11 Å². The third-order valence-electron chi connectivity index (χ3n) is 3.75. The zero-order valence-electron chi connectivity index (χ0n) is 10.0. The van der Waals surface area contributed by atoms with E-state index in [4.69, 9.17) is 11.6 Å². The minimum absolute atomic E-state index is 0.0910. The summed E-state index contributed by atoms with van der Waals surface area (Å²) in [5.41, 5.74) is -0.889. The third kappa shape index (κ3) is 2.16. The molecule has 2 fully saturated rings. The number of hydrogen-bond donors (Lipinski definition) is 1. The van der Waals surface area contributed by atoms with Crippen molar-refractivity contribution in [2.75, 3.05) is 13.1 Å². The lowest BCUT2D eigenvalue weighted by Crippen LogP contribution is -2.64. The van der Waals surface area contributed by atoms with Gasteiger partial charge in [0.05, 0.1) is 10.6 Å². The first-order valence-corrected chi connectivity index (χ1v) is 7.82. The van der Waals surface area contributed by atoms with Crippen molar-refractivity contribution in [2.24, 2.45) is 5.92 Å². The van der Waals surface area contributed by atoms with Gasteiger partial charge in [0.1, 0.15) is 10.7 Å². The zero-order chi connectivity index (χ0) is 13.8. The average molecular weight is 306 g/mol. The second kappa shape index (κ2) is 4.15. The number of hydrogen-bond acceptors (Lipinski definition) is 3. The maximum Gasteiger partial charge on any atom is 0.244 e. The molecule has 0 unspecified atom stereocenters. The molecule has 0 amide bonds. The molecule has 1 aliphatic carbocycles. The Hall–Kier alpha value is -0.690. The summed E-state index contributed by atoms with van der Waals surface area (Å²) in [6, 6.07) is 3.19. The Balaban J connectivity index is 1.84. The first-order valence-electron chi connectivity index (χ1n) is 6.00. The molecule has 104 valence electrons. The van der Waals surface area contributed by atoms with Gasteiger partial charge in [-0.1, -0.05) is 11.6 Å². The third-order valence-corrected chi connectivity index (χ3v) is 6.02. The molecule has 0 aromatic heterocycles. The summed E-state index contributed by atoms with van der Waals surface area (Å²) in [6.07, 6.45) is 1.89. The minimum atomic E-state index is -3.75. The van der Waals surface area contributed by atoms with Gasteiger partial charge in [-0.05, 0) is 37.0 Å². The van der Waals surface area contributed by atoms with Crippen molar-refractivity contribution in [2.45, 2.75) is 23.3 Å². The molecule has 0 radical (unpaired) electrons. The topological polar surface area (TPSA) is 57.6 Å². The maximum absolute atomic E-state index is 12.9. The number of rotatable bonds is 3. The highest BCUT2D eigenvalue weighted by Gasteiger charge is 2.55. The predicted octanol–water partition coefficient (Wildman–Crippen LogP) is 1.62. The Labute approximate surface area is 115 Å². The van der Waals surface area contributed by atoms with Crippen LogP contribution >= 0.6 is 11.6 Å². The summed E-state index contributed by atoms with van der Waals surface area (Å²) in [6.45, 7) is 0.182. The lowest BCUT2D eigenvalue weighted by molar-refractivity contribution is -0.0764. The molecule has 1 aromatic carbocycles. The summed E-state index contributed by atoms with van der Waals surface area (Å²) < 4.78 is 38.7. The minimum Gasteiger partial charge on any atom is -0.387 e. The molecular formula is C12H13ClFNO3S. The van der Waals surface area contributed by atoms with Gasteiger partial charge in [-0.2, -0.15) is 4.31 Å². The number of halogens is 2. The van der Waals surface area contributed by atoms with E-state index in [2.05, 4.69) is 0 Å². The highest BCUT2D eigenvalue weighted by molar-refractivity contribution is 7.89. The quantitative estimate of drug-likeness (QED) is 0.923. The van der Waals surface area contributed by atoms with E-state index < -0.39 is 21.4 Å². The van der Waals surface area contributed by atoms with E-state index in [1.807, 2.05) is 0 Å². The largest absolute Gasteiger partial charge is 0.387 e. The second-order valence-electron chi connectivity index (χ2n) is 5.23. The van der Waals surface area contributed by atoms with E-state index in [0.29, 0.717) is 0 Å². The standard InChI is InChI=1S/C12H13ClFNO3S/c13-10-5-9(14)3-4-11(10)19(17,18)15-6-12(16,7-15)8-1-2-8/h3-5,8,16H,1-2,6-7H2. The lowest BCUT2D eigenvalue weighted by Gasteiger charge is -2.45. The smallest absolute Gasteiger partial charge is 0.244 e. The van der Waals surface area contributed by atoms with E-state index >= 15 is 0 Å². The van der Waals surface area contributed by atoms with E-state index in [9.17, 15) is 17.9 Å². The van der Waals surface area contributed by atoms with Crippen LogP contribution in [0.25, 0.3) is 0 Å². The number of sulfonamides is 1. The number of nitrogens with zero attached hydrogens (tertiary/aromatic N) is 1. The fourth-order valence-electron chi connectivity index (χ4n) is 2.44. The molecule has 19 heavy (non-hydrogen) atoms. The lowest BCUT2D eigenvalue weighted by atomic mass is 9.91. The normalized spacial score (nSPS) is 23.1. The van der Waals surface area contributed by atoms with Crippen molar-refractivity contribution in [3.63, 3.8) is 0 Å². The van der Waals surface area contributed by atoms with Crippen LogP contribution in [0.1, 0.15) is 12.8 Å². The van der Waals surface area contributed by atoms with Crippen LogP contribution < -0.4 is 0 Å². The van der Waals surface area contributed by atoms with Crippen LogP contribution in [0.15, 0.2) is 23.1 Å². The van der Waals surface area contributed by atoms with Crippen LogP contribution in [-0.2, 0) is 10.0 Å². The summed E-state index contributed by atoms with van der Waals surface area (Å²) in [5, 5.41) is 10.0. The van der Waals surface area contributed by atoms with E-state index in [1.54, 1.807) is 0 Å². The average Bonchev–Trinajstić information content (AvgIpc) is 3.07. The van der Waals surface area contributed by atoms with Crippen LogP contribution in [0.4, 0.5) is 4.39 Å². The highest BCUT2D eigenvalue weighted by atomic mass is 35.5. The molecule has 0 bridgehead atoms. The Morgan fingerprint density at radius 1 is 1.37 bits per heavy atom. The summed E-state index contributed by atoms with van der Waals surface area (Å²) in [4.78, 5) is -0.117. The van der Waals surface area contributed by atoms with E-state index in [-0.39, 0.29) is 28.9 Å². The molecule has 0 spiro atoms. The van der Waals surface area contributed by atoms with Gasteiger partial charge in [0, 0.05) is 13.1 Å². The Morgan fingerprint density at radius 3 is 2.53 bits per heavy atom. The molecule has 1 saturated carbocycles. The SMILES string of the molecule is O=S(=O)(c1ccc(F)cc1Cl)N1CC(O)(C2CC2)C1. The van der Waals surface area contributed by atoms with Crippen LogP contribution in [0.5, 0.6) is 0 Å². The van der Waals surface area contributed by atoms with E-state index in [1.165, 1.54) is 4.31 Å². The van der Waals surface area contributed by atoms with Gasteiger partial charge >= 0.3 is 0 Å². The molecule has 3 rings (SSSR count). The Bertz CT molecular complexity index is 624. The second-order valence-corrected chi connectivity index (χ2v) is 7.54. The van der Waals surface area contributed by atoms with Gasteiger partial charge in [0.2, 0.25) is 10.0 Å². The van der Waals surface area contributed by atoms with Crippen molar-refractivity contribution in [3.8, 4) is 0 Å². The molecule has 1 saturated heterocycles. The Kier molecular flexibility index (Phi) is 2.91. The predicted molar refractivity (Wildman–Crippen MR) is 67.8 cm³/mol. The van der Waals surface area contributed by atoms with Gasteiger partial charge in [0.25, 0.3) is 0 Å². The molecule has 1 aliphatic heterocycles. The van der Waals surface area contributed by atoms with Gasteiger partial charge in [-0.3, -0.25) is 0 Å². The van der Waals surface area contributed by atoms with Crippen LogP contribution in [0.3, 0.4) is 0 Å². The van der Waals surface area contributed by atoms with Crippen molar-refractivity contribution in [1.82, 2.24) is 4.31 Å². The zero-order valence-corrected chi connectivity index (χ0v) is 11.6. The maximum atomic E-state index is 12.9. The molecule has 4 nitrogen and oxygen atoms in total. The summed E-state index contributed by atoms with van der Waals surface area (Å²) >= 11 is 5.78. The van der Waals surface area contributed by atoms with Crippen molar-refractivity contribution in [3.05, 3.63) is 29.0 Å². The Morgan fingerprint density at radius 2 is 2.00 bits per heavy atom. The number of benzene rings is 1. The molecular weight excluding hydrogens is 293 g/mol. The molecule has 2 aliphatic rings. The first kappa shape index (κ1) is 13.3. The highest BCUT2D eigenvalue weighted by Crippen LogP contribution is 2.46. The van der Waals surface area contributed by atoms with Gasteiger partial charge in [-0.15, -0.1) is 0 Å². The van der Waals surface area contributed by atoms with Crippen molar-refractivity contribution >= 4 is 21.6 Å².